The number of hydrogen-bond donors (Lipinski definition) is 0. The molecule has 3 aromatic rings. The summed E-state index contributed by atoms with van der Waals surface area (Å²) < 4.78 is 13.8. The molecular formula is C25H33N3O2. The number of unbranched alkanes of at least 4 members (excludes halogenated alkanes) is 1. The van der Waals surface area contributed by atoms with Crippen molar-refractivity contribution in [2.24, 2.45) is 0 Å². The molecule has 1 aliphatic heterocycles. The van der Waals surface area contributed by atoms with E-state index in [2.05, 4.69) is 46.7 Å². The Labute approximate surface area is 179 Å². The largest absolute Gasteiger partial charge is 0.493 e. The van der Waals surface area contributed by atoms with Crippen molar-refractivity contribution in [3.8, 4) is 5.75 Å². The lowest BCUT2D eigenvalue weighted by atomic mass is 10.2. The van der Waals surface area contributed by atoms with Gasteiger partial charge in [0, 0.05) is 26.1 Å². The highest BCUT2D eigenvalue weighted by molar-refractivity contribution is 5.75. The summed E-state index contributed by atoms with van der Waals surface area (Å²) in [6, 6.07) is 16.7. The number of rotatable bonds is 10. The molecule has 0 spiro atoms. The van der Waals surface area contributed by atoms with Crippen molar-refractivity contribution < 1.29 is 9.47 Å². The quantitative estimate of drug-likeness (QED) is 0.465. The Bertz CT molecular complexity index is 931. The number of ether oxygens (including phenoxy) is 2. The van der Waals surface area contributed by atoms with Gasteiger partial charge in [-0.2, -0.15) is 0 Å². The van der Waals surface area contributed by atoms with Crippen molar-refractivity contribution in [2.75, 3.05) is 39.5 Å². The second-order valence-electron chi connectivity index (χ2n) is 8.05. The minimum Gasteiger partial charge on any atom is -0.493 e. The molecular weight excluding hydrogens is 374 g/mol. The Morgan fingerprint density at radius 1 is 0.933 bits per heavy atom. The minimum absolute atomic E-state index is 0.754. The van der Waals surface area contributed by atoms with E-state index in [1.807, 2.05) is 18.2 Å². The molecule has 0 unspecified atom stereocenters. The van der Waals surface area contributed by atoms with E-state index in [9.17, 15) is 0 Å². The minimum atomic E-state index is 0.754. The summed E-state index contributed by atoms with van der Waals surface area (Å²) in [5.41, 5.74) is 3.55. The first kappa shape index (κ1) is 20.9. The molecule has 5 nitrogen and oxygen atoms in total. The SMILES string of the molecule is Cc1ccccc1OCCCCn1c(CCCN2CCOCC2)nc2ccccc21. The number of imidazole rings is 1. The number of aryl methyl sites for hydroxylation is 3. The lowest BCUT2D eigenvalue weighted by Crippen LogP contribution is -2.37. The van der Waals surface area contributed by atoms with Gasteiger partial charge < -0.3 is 14.0 Å². The lowest BCUT2D eigenvalue weighted by molar-refractivity contribution is 0.0374. The molecule has 0 bridgehead atoms. The van der Waals surface area contributed by atoms with Gasteiger partial charge in [-0.05, 0) is 56.5 Å². The molecule has 0 amide bonds. The Morgan fingerprint density at radius 3 is 2.60 bits per heavy atom. The van der Waals surface area contributed by atoms with Gasteiger partial charge >= 0.3 is 0 Å². The van der Waals surface area contributed by atoms with Crippen LogP contribution in [-0.4, -0.2) is 53.9 Å². The van der Waals surface area contributed by atoms with Crippen LogP contribution in [0.1, 0.15) is 30.7 Å². The fourth-order valence-electron chi connectivity index (χ4n) is 4.12. The fraction of sp³-hybridized carbons (Fsp3) is 0.480. The van der Waals surface area contributed by atoms with Gasteiger partial charge in [0.2, 0.25) is 0 Å². The average molecular weight is 408 g/mol. The van der Waals surface area contributed by atoms with E-state index >= 15 is 0 Å². The highest BCUT2D eigenvalue weighted by atomic mass is 16.5. The van der Waals surface area contributed by atoms with Gasteiger partial charge in [0.05, 0.1) is 30.9 Å². The predicted octanol–water partition coefficient (Wildman–Crippen LogP) is 4.47. The summed E-state index contributed by atoms with van der Waals surface area (Å²) in [4.78, 5) is 7.44. The monoisotopic (exact) mass is 407 g/mol. The number of hydrogen-bond acceptors (Lipinski definition) is 4. The number of aromatic nitrogens is 2. The van der Waals surface area contributed by atoms with Crippen molar-refractivity contribution in [1.29, 1.82) is 0 Å². The maximum absolute atomic E-state index is 5.97. The molecule has 30 heavy (non-hydrogen) atoms. The van der Waals surface area contributed by atoms with Crippen molar-refractivity contribution in [2.45, 2.75) is 39.2 Å². The molecule has 4 rings (SSSR count). The van der Waals surface area contributed by atoms with E-state index in [1.54, 1.807) is 0 Å². The average Bonchev–Trinajstić information content (AvgIpc) is 3.13. The Kier molecular flexibility index (Phi) is 7.38. The predicted molar refractivity (Wildman–Crippen MR) is 121 cm³/mol. The summed E-state index contributed by atoms with van der Waals surface area (Å²) in [7, 11) is 0. The molecule has 0 aliphatic carbocycles. The summed E-state index contributed by atoms with van der Waals surface area (Å²) in [5.74, 6) is 2.21. The van der Waals surface area contributed by atoms with Gasteiger partial charge in [-0.1, -0.05) is 30.3 Å². The van der Waals surface area contributed by atoms with Crippen LogP contribution >= 0.6 is 0 Å². The molecule has 0 atom stereocenters. The number of morpholine rings is 1. The van der Waals surface area contributed by atoms with E-state index in [-0.39, 0.29) is 0 Å². The van der Waals surface area contributed by atoms with Crippen LogP contribution in [0.5, 0.6) is 5.75 Å². The molecule has 1 fully saturated rings. The van der Waals surface area contributed by atoms with Crippen LogP contribution in [0.4, 0.5) is 0 Å². The van der Waals surface area contributed by atoms with Crippen molar-refractivity contribution in [3.63, 3.8) is 0 Å². The molecule has 1 aromatic heterocycles. The molecule has 2 heterocycles. The number of benzene rings is 2. The molecule has 0 radical (unpaired) electrons. The van der Waals surface area contributed by atoms with E-state index in [4.69, 9.17) is 14.5 Å². The van der Waals surface area contributed by atoms with Crippen LogP contribution in [0, 0.1) is 6.92 Å². The molecule has 5 heteroatoms. The van der Waals surface area contributed by atoms with Crippen molar-refractivity contribution in [3.05, 3.63) is 59.9 Å². The van der Waals surface area contributed by atoms with Crippen LogP contribution < -0.4 is 4.74 Å². The van der Waals surface area contributed by atoms with E-state index in [1.165, 1.54) is 16.9 Å². The Balaban J connectivity index is 1.31. The molecule has 2 aromatic carbocycles. The summed E-state index contributed by atoms with van der Waals surface area (Å²) >= 11 is 0. The maximum Gasteiger partial charge on any atom is 0.122 e. The van der Waals surface area contributed by atoms with Gasteiger partial charge in [-0.25, -0.2) is 4.98 Å². The third kappa shape index (κ3) is 5.41. The number of fused-ring (bicyclic) bond motifs is 1. The standard InChI is InChI=1S/C25H33N3O2/c1-21-9-2-5-12-24(21)30-18-7-6-15-28-23-11-4-3-10-22(23)26-25(28)13-8-14-27-16-19-29-20-17-27/h2-5,9-12H,6-8,13-20H2,1H3. The highest BCUT2D eigenvalue weighted by Gasteiger charge is 2.13. The van der Waals surface area contributed by atoms with E-state index in [0.717, 1.165) is 82.9 Å². The van der Waals surface area contributed by atoms with E-state index < -0.39 is 0 Å². The maximum atomic E-state index is 5.97. The summed E-state index contributed by atoms with van der Waals surface area (Å²) in [6.07, 6.45) is 4.28. The van der Waals surface area contributed by atoms with E-state index in [0.29, 0.717) is 0 Å². The number of para-hydroxylation sites is 3. The van der Waals surface area contributed by atoms with Gasteiger partial charge in [0.15, 0.2) is 0 Å². The number of nitrogens with zero attached hydrogens (tertiary/aromatic N) is 3. The third-order valence-electron chi connectivity index (χ3n) is 5.84. The second-order valence-corrected chi connectivity index (χ2v) is 8.05. The van der Waals surface area contributed by atoms with Gasteiger partial charge in [0.1, 0.15) is 11.6 Å². The summed E-state index contributed by atoms with van der Waals surface area (Å²) in [6.45, 7) is 8.79. The van der Waals surface area contributed by atoms with Crippen LogP contribution in [0.15, 0.2) is 48.5 Å². The Hall–Kier alpha value is -2.37. The smallest absolute Gasteiger partial charge is 0.122 e. The molecule has 1 aliphatic rings. The van der Waals surface area contributed by atoms with Gasteiger partial charge in [-0.15, -0.1) is 0 Å². The topological polar surface area (TPSA) is 39.5 Å². The zero-order valence-electron chi connectivity index (χ0n) is 18.1. The van der Waals surface area contributed by atoms with Gasteiger partial charge in [-0.3, -0.25) is 4.90 Å². The second kappa shape index (κ2) is 10.6. The fourth-order valence-corrected chi connectivity index (χ4v) is 4.12. The molecule has 0 N–H and O–H groups in total. The zero-order valence-corrected chi connectivity index (χ0v) is 18.1. The zero-order chi connectivity index (χ0) is 20.6. The lowest BCUT2D eigenvalue weighted by Gasteiger charge is -2.26. The normalized spacial score (nSPS) is 15.0. The van der Waals surface area contributed by atoms with Crippen LogP contribution in [0.25, 0.3) is 11.0 Å². The molecule has 0 saturated carbocycles. The first-order chi connectivity index (χ1) is 14.8. The van der Waals surface area contributed by atoms with Crippen molar-refractivity contribution >= 4 is 11.0 Å². The van der Waals surface area contributed by atoms with Crippen LogP contribution in [0.3, 0.4) is 0 Å². The Morgan fingerprint density at radius 2 is 1.73 bits per heavy atom. The first-order valence-corrected chi connectivity index (χ1v) is 11.2. The van der Waals surface area contributed by atoms with Crippen LogP contribution in [-0.2, 0) is 17.7 Å². The third-order valence-corrected chi connectivity index (χ3v) is 5.84. The molecule has 160 valence electrons. The van der Waals surface area contributed by atoms with Crippen molar-refractivity contribution in [1.82, 2.24) is 14.5 Å². The summed E-state index contributed by atoms with van der Waals surface area (Å²) in [5, 5.41) is 0. The van der Waals surface area contributed by atoms with Crippen LogP contribution in [0.2, 0.25) is 0 Å². The molecule has 1 saturated heterocycles. The highest BCUT2D eigenvalue weighted by Crippen LogP contribution is 2.19. The van der Waals surface area contributed by atoms with Gasteiger partial charge in [0.25, 0.3) is 0 Å². The first-order valence-electron chi connectivity index (χ1n) is 11.2.